The van der Waals surface area contributed by atoms with E-state index >= 15 is 0 Å². The summed E-state index contributed by atoms with van der Waals surface area (Å²) in [6.45, 7) is 4.13. The summed E-state index contributed by atoms with van der Waals surface area (Å²) in [6.07, 6.45) is 1.84. The fraction of sp³-hybridized carbons (Fsp3) is 0.400. The zero-order valence-electron chi connectivity index (χ0n) is 7.50. The Morgan fingerprint density at radius 3 is 2.50 bits per heavy atom. The van der Waals surface area contributed by atoms with Gasteiger partial charge in [-0.1, -0.05) is 26.0 Å². The van der Waals surface area contributed by atoms with E-state index in [4.69, 9.17) is 0 Å². The highest BCUT2D eigenvalue weighted by molar-refractivity contribution is 5.50. The molecular weight excluding hydrogens is 150 g/mol. The summed E-state index contributed by atoms with van der Waals surface area (Å²) in [4.78, 5) is 10.4. The van der Waals surface area contributed by atoms with Gasteiger partial charge in [-0.3, -0.25) is 0 Å². The molecule has 0 N–H and O–H groups in total. The van der Waals surface area contributed by atoms with Crippen LogP contribution >= 0.6 is 0 Å². The topological polar surface area (TPSA) is 29.4 Å². The van der Waals surface area contributed by atoms with Crippen molar-refractivity contribution in [2.45, 2.75) is 26.7 Å². The van der Waals surface area contributed by atoms with E-state index in [-0.39, 0.29) is 0 Å². The number of aryl methyl sites for hydroxylation is 1. The lowest BCUT2D eigenvalue weighted by molar-refractivity contribution is 1.03. The van der Waals surface area contributed by atoms with Crippen LogP contribution in [0.5, 0.6) is 0 Å². The SMILES string of the molecule is CCc1cccc(N=O)c1CC. The summed E-state index contributed by atoms with van der Waals surface area (Å²) in [5.41, 5.74) is 2.92. The Bertz CT molecular complexity index is 281. The summed E-state index contributed by atoms with van der Waals surface area (Å²) in [5, 5.41) is 3.00. The van der Waals surface area contributed by atoms with Gasteiger partial charge in [0.05, 0.1) is 0 Å². The van der Waals surface area contributed by atoms with Gasteiger partial charge in [0.1, 0.15) is 5.69 Å². The van der Waals surface area contributed by atoms with Gasteiger partial charge in [-0.25, -0.2) is 0 Å². The Morgan fingerprint density at radius 1 is 1.25 bits per heavy atom. The van der Waals surface area contributed by atoms with Gasteiger partial charge in [0, 0.05) is 0 Å². The molecule has 0 atom stereocenters. The molecule has 0 radical (unpaired) electrons. The van der Waals surface area contributed by atoms with E-state index in [9.17, 15) is 4.91 Å². The van der Waals surface area contributed by atoms with Crippen LogP contribution in [0.2, 0.25) is 0 Å². The predicted octanol–water partition coefficient (Wildman–Crippen LogP) is 3.21. The highest BCUT2D eigenvalue weighted by Gasteiger charge is 2.04. The predicted molar refractivity (Wildman–Crippen MR) is 50.7 cm³/mol. The summed E-state index contributed by atoms with van der Waals surface area (Å²) in [7, 11) is 0. The third-order valence-electron chi connectivity index (χ3n) is 2.08. The van der Waals surface area contributed by atoms with Crippen molar-refractivity contribution >= 4 is 5.69 Å². The van der Waals surface area contributed by atoms with E-state index < -0.39 is 0 Å². The summed E-state index contributed by atoms with van der Waals surface area (Å²) >= 11 is 0. The van der Waals surface area contributed by atoms with Crippen LogP contribution in [0.3, 0.4) is 0 Å². The van der Waals surface area contributed by atoms with E-state index in [0.717, 1.165) is 18.4 Å². The van der Waals surface area contributed by atoms with Gasteiger partial charge in [-0.15, -0.1) is 4.91 Å². The molecule has 0 bridgehead atoms. The minimum absolute atomic E-state index is 0.594. The molecule has 64 valence electrons. The number of rotatable bonds is 3. The van der Waals surface area contributed by atoms with Crippen LogP contribution < -0.4 is 0 Å². The van der Waals surface area contributed by atoms with Crippen LogP contribution in [-0.4, -0.2) is 0 Å². The maximum Gasteiger partial charge on any atom is 0.111 e. The van der Waals surface area contributed by atoms with Crippen LogP contribution in [0.15, 0.2) is 23.4 Å². The minimum atomic E-state index is 0.594. The molecule has 0 unspecified atom stereocenters. The molecule has 0 saturated carbocycles. The van der Waals surface area contributed by atoms with E-state index in [0.29, 0.717) is 5.69 Å². The first-order chi connectivity index (χ1) is 5.83. The van der Waals surface area contributed by atoms with Gasteiger partial charge < -0.3 is 0 Å². The van der Waals surface area contributed by atoms with E-state index in [1.807, 2.05) is 19.1 Å². The molecule has 0 spiro atoms. The number of nitroso groups, excluding NO2 is 1. The molecule has 0 fully saturated rings. The van der Waals surface area contributed by atoms with Crippen molar-refractivity contribution in [1.29, 1.82) is 0 Å². The van der Waals surface area contributed by atoms with Crippen molar-refractivity contribution in [1.82, 2.24) is 0 Å². The summed E-state index contributed by atoms with van der Waals surface area (Å²) in [6, 6.07) is 5.70. The Morgan fingerprint density at radius 2 is 2.00 bits per heavy atom. The van der Waals surface area contributed by atoms with Crippen molar-refractivity contribution in [3.05, 3.63) is 34.2 Å². The number of hydrogen-bond acceptors (Lipinski definition) is 2. The van der Waals surface area contributed by atoms with Gasteiger partial charge in [-0.2, -0.15) is 0 Å². The van der Waals surface area contributed by atoms with Gasteiger partial charge in [-0.05, 0) is 35.2 Å². The zero-order chi connectivity index (χ0) is 8.97. The molecule has 0 heterocycles. The van der Waals surface area contributed by atoms with Crippen molar-refractivity contribution < 1.29 is 0 Å². The molecule has 12 heavy (non-hydrogen) atoms. The lowest BCUT2D eigenvalue weighted by Gasteiger charge is -2.05. The second kappa shape index (κ2) is 4.00. The van der Waals surface area contributed by atoms with E-state index in [2.05, 4.69) is 12.1 Å². The maximum absolute atomic E-state index is 10.4. The van der Waals surface area contributed by atoms with Crippen molar-refractivity contribution in [2.24, 2.45) is 5.18 Å². The highest BCUT2D eigenvalue weighted by atomic mass is 16.3. The zero-order valence-corrected chi connectivity index (χ0v) is 7.50. The van der Waals surface area contributed by atoms with Crippen LogP contribution in [0, 0.1) is 4.91 Å². The van der Waals surface area contributed by atoms with E-state index in [1.165, 1.54) is 5.56 Å². The number of hydrogen-bond donors (Lipinski definition) is 0. The van der Waals surface area contributed by atoms with Gasteiger partial charge in [0.2, 0.25) is 0 Å². The number of benzene rings is 1. The Kier molecular flexibility index (Phi) is 2.97. The minimum Gasteiger partial charge on any atom is -0.145 e. The monoisotopic (exact) mass is 163 g/mol. The Balaban J connectivity index is 3.21. The molecule has 0 aromatic heterocycles. The van der Waals surface area contributed by atoms with Crippen molar-refractivity contribution in [3.8, 4) is 0 Å². The standard InChI is InChI=1S/C10H13NO/c1-3-8-6-5-7-10(11-12)9(8)4-2/h5-7H,3-4H2,1-2H3. The average molecular weight is 163 g/mol. The van der Waals surface area contributed by atoms with Gasteiger partial charge in [0.15, 0.2) is 0 Å². The number of nitrogens with zero attached hydrogens (tertiary/aromatic N) is 1. The van der Waals surface area contributed by atoms with Crippen LogP contribution in [0.1, 0.15) is 25.0 Å². The molecule has 2 heteroatoms. The second-order valence-electron chi connectivity index (χ2n) is 2.71. The second-order valence-corrected chi connectivity index (χ2v) is 2.71. The first-order valence-electron chi connectivity index (χ1n) is 4.27. The highest BCUT2D eigenvalue weighted by Crippen LogP contribution is 2.23. The molecule has 0 aliphatic heterocycles. The normalized spacial score (nSPS) is 9.83. The molecule has 2 nitrogen and oxygen atoms in total. The lowest BCUT2D eigenvalue weighted by atomic mass is 10.0. The molecule has 0 aliphatic carbocycles. The van der Waals surface area contributed by atoms with Gasteiger partial charge >= 0.3 is 0 Å². The fourth-order valence-corrected chi connectivity index (χ4v) is 1.45. The largest absolute Gasteiger partial charge is 0.145 e. The molecule has 1 rings (SSSR count). The quantitative estimate of drug-likeness (QED) is 0.629. The Labute approximate surface area is 72.6 Å². The van der Waals surface area contributed by atoms with Crippen molar-refractivity contribution in [3.63, 3.8) is 0 Å². The van der Waals surface area contributed by atoms with Crippen molar-refractivity contribution in [2.75, 3.05) is 0 Å². The molecule has 1 aromatic rings. The van der Waals surface area contributed by atoms with Crippen LogP contribution in [-0.2, 0) is 12.8 Å². The maximum atomic E-state index is 10.4. The third kappa shape index (κ3) is 1.52. The summed E-state index contributed by atoms with van der Waals surface area (Å²) in [5.74, 6) is 0. The van der Waals surface area contributed by atoms with Gasteiger partial charge in [0.25, 0.3) is 0 Å². The summed E-state index contributed by atoms with van der Waals surface area (Å²) < 4.78 is 0. The first kappa shape index (κ1) is 8.91. The Hall–Kier alpha value is -1.18. The third-order valence-corrected chi connectivity index (χ3v) is 2.08. The van der Waals surface area contributed by atoms with Crippen LogP contribution in [0.4, 0.5) is 5.69 Å². The lowest BCUT2D eigenvalue weighted by Crippen LogP contribution is -1.90. The smallest absolute Gasteiger partial charge is 0.111 e. The molecule has 0 saturated heterocycles. The van der Waals surface area contributed by atoms with Crippen LogP contribution in [0.25, 0.3) is 0 Å². The average Bonchev–Trinajstić information content (AvgIpc) is 2.16. The molecule has 1 aromatic carbocycles. The molecule has 0 amide bonds. The fourth-order valence-electron chi connectivity index (χ4n) is 1.45. The van der Waals surface area contributed by atoms with E-state index in [1.54, 1.807) is 6.07 Å². The first-order valence-corrected chi connectivity index (χ1v) is 4.27. The molecular formula is C10H13NO. The molecule has 0 aliphatic rings.